The summed E-state index contributed by atoms with van der Waals surface area (Å²) < 4.78 is 0. The molecule has 0 radical (unpaired) electrons. The molecule has 0 aliphatic heterocycles. The van der Waals surface area contributed by atoms with Gasteiger partial charge in [-0.05, 0) is 30.7 Å². The van der Waals surface area contributed by atoms with Gasteiger partial charge in [0.2, 0.25) is 0 Å². The first-order chi connectivity index (χ1) is 12.8. The Morgan fingerprint density at radius 2 is 1.27 bits per heavy atom. The van der Waals surface area contributed by atoms with Crippen molar-refractivity contribution in [3.8, 4) is 0 Å². The van der Waals surface area contributed by atoms with Gasteiger partial charge in [-0.25, -0.2) is 0 Å². The second-order valence-corrected chi connectivity index (χ2v) is 5.07. The Morgan fingerprint density at radius 3 is 1.58 bits per heavy atom. The molecule has 0 saturated carbocycles. The first kappa shape index (κ1) is 23.6. The highest BCUT2D eigenvalue weighted by atomic mass is 14.9. The molecule has 0 amide bonds. The molecule has 2 aromatic rings. The molecule has 0 fully saturated rings. The highest BCUT2D eigenvalue weighted by Crippen LogP contribution is 2.37. The van der Waals surface area contributed by atoms with Crippen LogP contribution in [0.25, 0.3) is 0 Å². The maximum atomic E-state index is 3.79. The van der Waals surface area contributed by atoms with E-state index in [1.165, 1.54) is 16.7 Å². The molecule has 0 bridgehead atoms. The number of benzene rings is 2. The molecule has 2 aromatic carbocycles. The number of allylic oxidation sites excluding steroid dienone is 3. The van der Waals surface area contributed by atoms with Crippen LogP contribution in [0.4, 0.5) is 0 Å². The zero-order valence-electron chi connectivity index (χ0n) is 17.3. The van der Waals surface area contributed by atoms with Gasteiger partial charge in [0, 0.05) is 0 Å². The van der Waals surface area contributed by atoms with Gasteiger partial charge in [0.05, 0.1) is 5.54 Å². The summed E-state index contributed by atoms with van der Waals surface area (Å²) in [6.45, 7) is 13.9. The van der Waals surface area contributed by atoms with E-state index in [4.69, 9.17) is 0 Å². The van der Waals surface area contributed by atoms with Crippen LogP contribution in [0.15, 0.2) is 97.1 Å². The number of hydrogen-bond donors (Lipinski definition) is 1. The summed E-state index contributed by atoms with van der Waals surface area (Å²) in [7, 11) is 2.01. The van der Waals surface area contributed by atoms with Crippen molar-refractivity contribution in [1.82, 2.24) is 5.32 Å². The Labute approximate surface area is 161 Å². The normalized spacial score (nSPS) is 11.1. The molecule has 0 aliphatic carbocycles. The van der Waals surface area contributed by atoms with E-state index in [2.05, 4.69) is 79.5 Å². The third kappa shape index (κ3) is 5.57. The van der Waals surface area contributed by atoms with E-state index in [0.717, 1.165) is 0 Å². The quantitative estimate of drug-likeness (QED) is 0.560. The summed E-state index contributed by atoms with van der Waals surface area (Å²) in [5.74, 6) is 0. The summed E-state index contributed by atoms with van der Waals surface area (Å²) in [4.78, 5) is 0. The van der Waals surface area contributed by atoms with Crippen LogP contribution in [0.1, 0.15) is 45.7 Å². The number of nitrogens with one attached hydrogen (secondary N) is 1. The highest BCUT2D eigenvalue weighted by Gasteiger charge is 2.34. The summed E-state index contributed by atoms with van der Waals surface area (Å²) in [6.07, 6.45) is 8.05. The van der Waals surface area contributed by atoms with Gasteiger partial charge in [0.15, 0.2) is 0 Å². The molecule has 0 aromatic heterocycles. The van der Waals surface area contributed by atoms with Gasteiger partial charge in [-0.15, -0.1) is 0 Å². The molecular weight excluding hydrogens is 314 g/mol. The minimum atomic E-state index is -0.378. The first-order valence-electron chi connectivity index (χ1n) is 9.55. The average molecular weight is 350 g/mol. The monoisotopic (exact) mass is 349 g/mol. The lowest BCUT2D eigenvalue weighted by Crippen LogP contribution is -2.42. The molecule has 0 unspecified atom stereocenters. The molecule has 1 heteroatoms. The molecule has 26 heavy (non-hydrogen) atoms. The number of rotatable bonds is 6. The van der Waals surface area contributed by atoms with Crippen LogP contribution in [-0.2, 0) is 5.54 Å². The van der Waals surface area contributed by atoms with Crippen LogP contribution >= 0.6 is 0 Å². The van der Waals surface area contributed by atoms with E-state index in [-0.39, 0.29) is 5.54 Å². The van der Waals surface area contributed by atoms with Crippen molar-refractivity contribution in [2.75, 3.05) is 7.05 Å². The van der Waals surface area contributed by atoms with Crippen molar-refractivity contribution in [3.05, 3.63) is 108 Å². The molecule has 0 heterocycles. The molecule has 2 rings (SSSR count). The zero-order chi connectivity index (χ0) is 19.8. The van der Waals surface area contributed by atoms with Crippen molar-refractivity contribution in [3.63, 3.8) is 0 Å². The second-order valence-electron chi connectivity index (χ2n) is 5.07. The Bertz CT molecular complexity index is 612. The lowest BCUT2D eigenvalue weighted by atomic mass is 9.76. The molecule has 0 atom stereocenters. The molecular formula is C25H35N. The topological polar surface area (TPSA) is 12.0 Å². The van der Waals surface area contributed by atoms with Gasteiger partial charge >= 0.3 is 0 Å². The van der Waals surface area contributed by atoms with Gasteiger partial charge in [-0.2, -0.15) is 0 Å². The van der Waals surface area contributed by atoms with Gasteiger partial charge < -0.3 is 5.32 Å². The lowest BCUT2D eigenvalue weighted by Gasteiger charge is -2.36. The summed E-state index contributed by atoms with van der Waals surface area (Å²) >= 11 is 0. The van der Waals surface area contributed by atoms with Gasteiger partial charge in [-0.3, -0.25) is 0 Å². The van der Waals surface area contributed by atoms with Crippen LogP contribution in [0, 0.1) is 0 Å². The third-order valence-electron chi connectivity index (χ3n) is 3.94. The van der Waals surface area contributed by atoms with Crippen LogP contribution < -0.4 is 5.32 Å². The standard InChI is InChI=1S/C21H23N.2C2H6/c1-4-6-13-18(5-2)21(22-3,19-14-9-7-10-15-19)20-16-11-8-12-17-20;2*1-2/h4-17,22H,1H2,2-3H3;2*1-2H3/b13-6-,18-5+;;. The van der Waals surface area contributed by atoms with Crippen LogP contribution in [0.2, 0.25) is 0 Å². The van der Waals surface area contributed by atoms with Crippen molar-refractivity contribution in [1.29, 1.82) is 0 Å². The fourth-order valence-corrected chi connectivity index (χ4v) is 2.92. The molecule has 140 valence electrons. The Kier molecular flexibility index (Phi) is 12.6. The van der Waals surface area contributed by atoms with Crippen LogP contribution in [0.5, 0.6) is 0 Å². The van der Waals surface area contributed by atoms with Crippen molar-refractivity contribution in [2.24, 2.45) is 0 Å². The summed E-state index contributed by atoms with van der Waals surface area (Å²) in [6, 6.07) is 21.0. The predicted molar refractivity (Wildman–Crippen MR) is 119 cm³/mol. The molecule has 0 saturated heterocycles. The number of likely N-dealkylation sites (N-methyl/N-ethyl adjacent to an activating group) is 1. The summed E-state index contributed by atoms with van der Waals surface area (Å²) in [5.41, 5.74) is 3.24. The van der Waals surface area contributed by atoms with E-state index in [1.54, 1.807) is 6.08 Å². The van der Waals surface area contributed by atoms with Crippen molar-refractivity contribution in [2.45, 2.75) is 40.2 Å². The van der Waals surface area contributed by atoms with Crippen LogP contribution in [0.3, 0.4) is 0 Å². The minimum absolute atomic E-state index is 0.378. The molecule has 0 aliphatic rings. The minimum Gasteiger partial charge on any atom is -0.303 e. The maximum absolute atomic E-state index is 3.79. The van der Waals surface area contributed by atoms with Gasteiger partial charge in [0.25, 0.3) is 0 Å². The van der Waals surface area contributed by atoms with E-state index in [0.29, 0.717) is 0 Å². The highest BCUT2D eigenvalue weighted by molar-refractivity contribution is 5.51. The van der Waals surface area contributed by atoms with E-state index in [1.807, 2.05) is 53.0 Å². The van der Waals surface area contributed by atoms with Crippen LogP contribution in [-0.4, -0.2) is 7.05 Å². The molecule has 0 spiro atoms. The fourth-order valence-electron chi connectivity index (χ4n) is 2.92. The van der Waals surface area contributed by atoms with Gasteiger partial charge in [0.1, 0.15) is 0 Å². The SMILES string of the molecule is C=C/C=C\C(=C/C)C(NC)(c1ccccc1)c1ccccc1.CC.CC. The van der Waals surface area contributed by atoms with Crippen molar-refractivity contribution < 1.29 is 0 Å². The zero-order valence-corrected chi connectivity index (χ0v) is 17.3. The smallest absolute Gasteiger partial charge is 0.0942 e. The van der Waals surface area contributed by atoms with E-state index < -0.39 is 0 Å². The Balaban J connectivity index is 0.00000146. The molecule has 1 N–H and O–H groups in total. The largest absolute Gasteiger partial charge is 0.303 e. The summed E-state index contributed by atoms with van der Waals surface area (Å²) in [5, 5.41) is 3.55. The Hall–Kier alpha value is -2.38. The van der Waals surface area contributed by atoms with E-state index in [9.17, 15) is 0 Å². The predicted octanol–water partition coefficient (Wildman–Crippen LogP) is 6.89. The lowest BCUT2D eigenvalue weighted by molar-refractivity contribution is 0.523. The second kappa shape index (κ2) is 13.9. The maximum Gasteiger partial charge on any atom is 0.0942 e. The third-order valence-corrected chi connectivity index (χ3v) is 3.94. The Morgan fingerprint density at radius 1 is 0.846 bits per heavy atom. The first-order valence-corrected chi connectivity index (χ1v) is 9.55. The average Bonchev–Trinajstić information content (AvgIpc) is 2.75. The van der Waals surface area contributed by atoms with E-state index >= 15 is 0 Å². The van der Waals surface area contributed by atoms with Gasteiger partial charge in [-0.1, -0.05) is 119 Å². The molecule has 1 nitrogen and oxygen atoms in total. The van der Waals surface area contributed by atoms with Crippen molar-refractivity contribution >= 4 is 0 Å². The fraction of sp³-hybridized carbons (Fsp3) is 0.280. The number of hydrogen-bond acceptors (Lipinski definition) is 1.